The zero-order valence-electron chi connectivity index (χ0n) is 13.5. The minimum atomic E-state index is -0.348. The number of nitriles is 1. The molecule has 0 saturated carbocycles. The predicted octanol–water partition coefficient (Wildman–Crippen LogP) is 2.41. The summed E-state index contributed by atoms with van der Waals surface area (Å²) in [6, 6.07) is 2.42. The molecule has 0 aromatic carbocycles. The van der Waals surface area contributed by atoms with Crippen LogP contribution in [0, 0.1) is 17.2 Å². The van der Waals surface area contributed by atoms with E-state index < -0.39 is 0 Å². The summed E-state index contributed by atoms with van der Waals surface area (Å²) in [5, 5.41) is 12.6. The first-order valence-electron chi connectivity index (χ1n) is 8.01. The Morgan fingerprint density at radius 2 is 2.25 bits per heavy atom. The second-order valence-electron chi connectivity index (χ2n) is 6.24. The molecular formula is C16H31N3O. The molecule has 1 saturated heterocycles. The Balaban J connectivity index is 2.14. The number of ether oxygens (including phenoxy) is 1. The van der Waals surface area contributed by atoms with E-state index in [1.54, 1.807) is 7.11 Å². The number of nitrogens with one attached hydrogen (secondary N) is 1. The van der Waals surface area contributed by atoms with Gasteiger partial charge in [0.05, 0.1) is 12.7 Å². The second-order valence-corrected chi connectivity index (χ2v) is 6.24. The SMILES string of the molecule is CCCNC(C)(C#N)CCCCN1CCC(COC)C1. The zero-order valence-corrected chi connectivity index (χ0v) is 13.5. The molecule has 2 unspecified atom stereocenters. The molecule has 1 N–H and O–H groups in total. The van der Waals surface area contributed by atoms with Gasteiger partial charge in [-0.25, -0.2) is 0 Å². The summed E-state index contributed by atoms with van der Waals surface area (Å²) in [7, 11) is 1.79. The van der Waals surface area contributed by atoms with E-state index in [0.717, 1.165) is 44.9 Å². The first-order valence-corrected chi connectivity index (χ1v) is 8.01. The van der Waals surface area contributed by atoms with Crippen LogP contribution in [-0.4, -0.2) is 50.3 Å². The van der Waals surface area contributed by atoms with Crippen molar-refractivity contribution in [3.05, 3.63) is 0 Å². The number of rotatable bonds is 10. The van der Waals surface area contributed by atoms with Gasteiger partial charge in [0.2, 0.25) is 0 Å². The number of nitrogens with zero attached hydrogens (tertiary/aromatic N) is 2. The fourth-order valence-electron chi connectivity index (χ4n) is 2.89. The normalized spacial score (nSPS) is 22.6. The molecule has 1 rings (SSSR count). The van der Waals surface area contributed by atoms with Crippen molar-refractivity contribution in [3.8, 4) is 6.07 Å². The van der Waals surface area contributed by atoms with Crippen LogP contribution in [0.3, 0.4) is 0 Å². The highest BCUT2D eigenvalue weighted by atomic mass is 16.5. The molecule has 2 atom stereocenters. The summed E-state index contributed by atoms with van der Waals surface area (Å²) < 4.78 is 5.23. The van der Waals surface area contributed by atoms with Gasteiger partial charge < -0.3 is 9.64 Å². The molecule has 0 aliphatic carbocycles. The Labute approximate surface area is 124 Å². The lowest BCUT2D eigenvalue weighted by atomic mass is 9.96. The number of methoxy groups -OCH3 is 1. The summed E-state index contributed by atoms with van der Waals surface area (Å²) in [6.07, 6.45) is 5.59. The Hall–Kier alpha value is -0.630. The number of likely N-dealkylation sites (tertiary alicyclic amines) is 1. The molecule has 0 bridgehead atoms. The van der Waals surface area contributed by atoms with Gasteiger partial charge in [0.1, 0.15) is 5.54 Å². The Kier molecular flexibility index (Phi) is 8.13. The van der Waals surface area contributed by atoms with Gasteiger partial charge in [-0.05, 0) is 64.6 Å². The second kappa shape index (κ2) is 9.33. The van der Waals surface area contributed by atoms with Crippen molar-refractivity contribution in [1.29, 1.82) is 5.26 Å². The van der Waals surface area contributed by atoms with Gasteiger partial charge in [-0.3, -0.25) is 5.32 Å². The van der Waals surface area contributed by atoms with Crippen LogP contribution in [0.15, 0.2) is 0 Å². The summed E-state index contributed by atoms with van der Waals surface area (Å²) in [4.78, 5) is 2.53. The molecule has 4 nitrogen and oxygen atoms in total. The lowest BCUT2D eigenvalue weighted by Crippen LogP contribution is -2.41. The van der Waals surface area contributed by atoms with E-state index in [1.165, 1.54) is 25.9 Å². The zero-order chi connectivity index (χ0) is 14.8. The molecule has 4 heteroatoms. The van der Waals surface area contributed by atoms with E-state index in [9.17, 15) is 5.26 Å². The van der Waals surface area contributed by atoms with Crippen LogP contribution < -0.4 is 5.32 Å². The monoisotopic (exact) mass is 281 g/mol. The number of hydrogen-bond acceptors (Lipinski definition) is 4. The molecule has 1 aliphatic heterocycles. The third kappa shape index (κ3) is 6.21. The number of unbranched alkanes of at least 4 members (excludes halogenated alkanes) is 1. The molecule has 1 fully saturated rings. The quantitative estimate of drug-likeness (QED) is 0.625. The fourth-order valence-corrected chi connectivity index (χ4v) is 2.89. The van der Waals surface area contributed by atoms with Crippen LogP contribution in [0.2, 0.25) is 0 Å². The van der Waals surface area contributed by atoms with Gasteiger partial charge in [0, 0.05) is 13.7 Å². The van der Waals surface area contributed by atoms with E-state index in [0.29, 0.717) is 0 Å². The van der Waals surface area contributed by atoms with E-state index in [2.05, 4.69) is 23.2 Å². The van der Waals surface area contributed by atoms with Crippen LogP contribution in [0.4, 0.5) is 0 Å². The predicted molar refractivity (Wildman–Crippen MR) is 82.6 cm³/mol. The molecule has 0 amide bonds. The highest BCUT2D eigenvalue weighted by Crippen LogP contribution is 2.18. The highest BCUT2D eigenvalue weighted by Gasteiger charge is 2.24. The minimum absolute atomic E-state index is 0.348. The summed E-state index contributed by atoms with van der Waals surface area (Å²) in [6.45, 7) is 9.52. The topological polar surface area (TPSA) is 48.3 Å². The van der Waals surface area contributed by atoms with Gasteiger partial charge in [0.15, 0.2) is 0 Å². The fraction of sp³-hybridized carbons (Fsp3) is 0.938. The van der Waals surface area contributed by atoms with Crippen molar-refractivity contribution < 1.29 is 4.74 Å². The molecular weight excluding hydrogens is 250 g/mol. The summed E-state index contributed by atoms with van der Waals surface area (Å²) in [5.41, 5.74) is -0.348. The average Bonchev–Trinajstić information content (AvgIpc) is 2.89. The van der Waals surface area contributed by atoms with Crippen molar-refractivity contribution >= 4 is 0 Å². The van der Waals surface area contributed by atoms with Crippen LogP contribution >= 0.6 is 0 Å². The van der Waals surface area contributed by atoms with Gasteiger partial charge in [-0.2, -0.15) is 5.26 Å². The van der Waals surface area contributed by atoms with E-state index in [-0.39, 0.29) is 5.54 Å². The largest absolute Gasteiger partial charge is 0.384 e. The van der Waals surface area contributed by atoms with Crippen molar-refractivity contribution in [2.45, 2.75) is 51.5 Å². The Morgan fingerprint density at radius 3 is 2.90 bits per heavy atom. The molecule has 116 valence electrons. The first kappa shape index (κ1) is 17.4. The van der Waals surface area contributed by atoms with E-state index in [4.69, 9.17) is 4.74 Å². The maximum atomic E-state index is 9.28. The lowest BCUT2D eigenvalue weighted by Gasteiger charge is -2.23. The summed E-state index contributed by atoms with van der Waals surface area (Å²) >= 11 is 0. The van der Waals surface area contributed by atoms with Gasteiger partial charge >= 0.3 is 0 Å². The first-order chi connectivity index (χ1) is 9.63. The van der Waals surface area contributed by atoms with Gasteiger partial charge in [-0.15, -0.1) is 0 Å². The highest BCUT2D eigenvalue weighted by molar-refractivity contribution is 5.03. The average molecular weight is 281 g/mol. The summed E-state index contributed by atoms with van der Waals surface area (Å²) in [5.74, 6) is 0.718. The lowest BCUT2D eigenvalue weighted by molar-refractivity contribution is 0.153. The van der Waals surface area contributed by atoms with Crippen molar-refractivity contribution in [3.63, 3.8) is 0 Å². The third-order valence-electron chi connectivity index (χ3n) is 4.19. The Morgan fingerprint density at radius 1 is 1.45 bits per heavy atom. The van der Waals surface area contributed by atoms with E-state index >= 15 is 0 Å². The van der Waals surface area contributed by atoms with Crippen molar-refractivity contribution in [1.82, 2.24) is 10.2 Å². The molecule has 0 aromatic rings. The van der Waals surface area contributed by atoms with Gasteiger partial charge in [0.25, 0.3) is 0 Å². The molecule has 1 aliphatic rings. The minimum Gasteiger partial charge on any atom is -0.384 e. The number of hydrogen-bond donors (Lipinski definition) is 1. The molecule has 0 radical (unpaired) electrons. The molecule has 0 aromatic heterocycles. The van der Waals surface area contributed by atoms with Crippen molar-refractivity contribution in [2.75, 3.05) is 39.9 Å². The van der Waals surface area contributed by atoms with E-state index in [1.807, 2.05) is 6.92 Å². The maximum Gasteiger partial charge on any atom is 0.103 e. The van der Waals surface area contributed by atoms with Gasteiger partial charge in [-0.1, -0.05) is 6.92 Å². The molecule has 1 heterocycles. The van der Waals surface area contributed by atoms with Crippen molar-refractivity contribution in [2.24, 2.45) is 5.92 Å². The van der Waals surface area contributed by atoms with Crippen LogP contribution in [0.25, 0.3) is 0 Å². The standard InChI is InChI=1S/C16H31N3O/c1-4-9-18-16(2,14-17)8-5-6-10-19-11-7-15(12-19)13-20-3/h15,18H,4-13H2,1-3H3. The molecule has 0 spiro atoms. The molecule has 20 heavy (non-hydrogen) atoms. The third-order valence-corrected chi connectivity index (χ3v) is 4.19. The Bertz CT molecular complexity index is 303. The smallest absolute Gasteiger partial charge is 0.103 e. The van der Waals surface area contributed by atoms with Crippen LogP contribution in [-0.2, 0) is 4.74 Å². The van der Waals surface area contributed by atoms with Crippen LogP contribution in [0.5, 0.6) is 0 Å². The maximum absolute atomic E-state index is 9.28. The van der Waals surface area contributed by atoms with Crippen LogP contribution in [0.1, 0.15) is 46.0 Å².